The minimum atomic E-state index is -4.12. The molecule has 16 heavy (non-hydrogen) atoms. The van der Waals surface area contributed by atoms with Crippen LogP contribution in [0.2, 0.25) is 0 Å². The quantitative estimate of drug-likeness (QED) is 0.783. The van der Waals surface area contributed by atoms with Crippen molar-refractivity contribution in [2.75, 3.05) is 26.7 Å². The molecule has 1 N–H and O–H groups in total. The van der Waals surface area contributed by atoms with E-state index in [-0.39, 0.29) is 0 Å². The molecule has 0 saturated carbocycles. The van der Waals surface area contributed by atoms with Gasteiger partial charge < -0.3 is 5.32 Å². The molecule has 0 amide bonds. The van der Waals surface area contributed by atoms with E-state index in [1.807, 2.05) is 5.38 Å². The number of nitrogens with one attached hydrogen (secondary N) is 1. The molecule has 7 heteroatoms. The lowest BCUT2D eigenvalue weighted by molar-refractivity contribution is -0.142. The molecule has 3 nitrogen and oxygen atoms in total. The van der Waals surface area contributed by atoms with Crippen molar-refractivity contribution in [3.8, 4) is 0 Å². The molecule has 0 unspecified atom stereocenters. The molecule has 0 spiro atoms. The highest BCUT2D eigenvalue weighted by molar-refractivity contribution is 7.07. The maximum atomic E-state index is 12.0. The number of aromatic nitrogens is 1. The Morgan fingerprint density at radius 1 is 1.50 bits per heavy atom. The van der Waals surface area contributed by atoms with Crippen molar-refractivity contribution in [3.05, 3.63) is 16.6 Å². The fourth-order valence-electron chi connectivity index (χ4n) is 1.20. The van der Waals surface area contributed by atoms with Crippen molar-refractivity contribution in [2.45, 2.75) is 12.7 Å². The number of nitrogens with zero attached hydrogens (tertiary/aromatic N) is 2. The minimum Gasteiger partial charge on any atom is -0.310 e. The fourth-order valence-corrected chi connectivity index (χ4v) is 1.75. The molecule has 92 valence electrons. The van der Waals surface area contributed by atoms with E-state index >= 15 is 0 Å². The van der Waals surface area contributed by atoms with Crippen LogP contribution in [-0.2, 0) is 6.54 Å². The molecule has 0 aliphatic rings. The van der Waals surface area contributed by atoms with Crippen molar-refractivity contribution < 1.29 is 13.2 Å². The zero-order valence-corrected chi connectivity index (χ0v) is 9.74. The summed E-state index contributed by atoms with van der Waals surface area (Å²) >= 11 is 1.50. The van der Waals surface area contributed by atoms with Crippen LogP contribution < -0.4 is 5.32 Å². The summed E-state index contributed by atoms with van der Waals surface area (Å²) in [4.78, 5) is 5.30. The average molecular weight is 253 g/mol. The van der Waals surface area contributed by atoms with E-state index in [0.717, 1.165) is 5.69 Å². The van der Waals surface area contributed by atoms with E-state index in [4.69, 9.17) is 0 Å². The standard InChI is InChI=1S/C9H14F3N3S/c1-15(6-9(10,11)12)3-2-13-4-8-5-16-7-14-8/h5,7,13H,2-4,6H2,1H3. The first-order valence-corrected chi connectivity index (χ1v) is 5.75. The summed E-state index contributed by atoms with van der Waals surface area (Å²) in [7, 11) is 1.46. The Balaban J connectivity index is 2.07. The number of hydrogen-bond acceptors (Lipinski definition) is 4. The topological polar surface area (TPSA) is 28.2 Å². The molecule has 0 aromatic carbocycles. The number of hydrogen-bond donors (Lipinski definition) is 1. The molecule has 0 bridgehead atoms. The third-order valence-electron chi connectivity index (χ3n) is 1.91. The highest BCUT2D eigenvalue weighted by Gasteiger charge is 2.28. The van der Waals surface area contributed by atoms with Gasteiger partial charge in [0, 0.05) is 25.0 Å². The van der Waals surface area contributed by atoms with Gasteiger partial charge in [0.05, 0.1) is 17.7 Å². The van der Waals surface area contributed by atoms with Crippen LogP contribution >= 0.6 is 11.3 Å². The second-order valence-corrected chi connectivity index (χ2v) is 4.23. The monoisotopic (exact) mass is 253 g/mol. The van der Waals surface area contributed by atoms with Crippen LogP contribution in [0.4, 0.5) is 13.2 Å². The molecule has 0 aliphatic carbocycles. The second kappa shape index (κ2) is 6.17. The van der Waals surface area contributed by atoms with Crippen LogP contribution in [0.25, 0.3) is 0 Å². The summed E-state index contributed by atoms with van der Waals surface area (Å²) in [6, 6.07) is 0. The van der Waals surface area contributed by atoms with Crippen molar-refractivity contribution in [3.63, 3.8) is 0 Å². The Hall–Kier alpha value is -0.660. The number of alkyl halides is 3. The fraction of sp³-hybridized carbons (Fsp3) is 0.667. The Kier molecular flexibility index (Phi) is 5.17. The van der Waals surface area contributed by atoms with Gasteiger partial charge in [0.25, 0.3) is 0 Å². The maximum Gasteiger partial charge on any atom is 0.401 e. The lowest BCUT2D eigenvalue weighted by Crippen LogP contribution is -2.35. The predicted octanol–water partition coefficient (Wildman–Crippen LogP) is 1.73. The van der Waals surface area contributed by atoms with Gasteiger partial charge >= 0.3 is 6.18 Å². The first-order valence-electron chi connectivity index (χ1n) is 4.80. The summed E-state index contributed by atoms with van der Waals surface area (Å²) in [6.07, 6.45) is -4.12. The van der Waals surface area contributed by atoms with Gasteiger partial charge in [-0.2, -0.15) is 13.2 Å². The van der Waals surface area contributed by atoms with Crippen molar-refractivity contribution >= 4 is 11.3 Å². The summed E-state index contributed by atoms with van der Waals surface area (Å²) < 4.78 is 35.9. The van der Waals surface area contributed by atoms with Crippen LogP contribution in [0.15, 0.2) is 10.9 Å². The van der Waals surface area contributed by atoms with E-state index in [1.165, 1.54) is 23.3 Å². The van der Waals surface area contributed by atoms with Gasteiger partial charge in [0.2, 0.25) is 0 Å². The van der Waals surface area contributed by atoms with Gasteiger partial charge in [0.15, 0.2) is 0 Å². The average Bonchev–Trinajstić information content (AvgIpc) is 2.62. The highest BCUT2D eigenvalue weighted by Crippen LogP contribution is 2.14. The first kappa shape index (κ1) is 13.4. The molecule has 0 fully saturated rings. The normalized spacial score (nSPS) is 12.3. The minimum absolute atomic E-state index is 0.365. The molecule has 0 radical (unpaired) electrons. The zero-order valence-electron chi connectivity index (χ0n) is 8.92. The second-order valence-electron chi connectivity index (χ2n) is 3.51. The van der Waals surface area contributed by atoms with E-state index in [2.05, 4.69) is 10.3 Å². The SMILES string of the molecule is CN(CCNCc1cscn1)CC(F)(F)F. The Bertz CT molecular complexity index is 287. The number of likely N-dealkylation sites (N-methyl/N-ethyl adjacent to an activating group) is 1. The molecule has 0 saturated heterocycles. The maximum absolute atomic E-state index is 12.0. The number of halogens is 3. The first-order chi connectivity index (χ1) is 7.47. The third-order valence-corrected chi connectivity index (χ3v) is 2.54. The van der Waals surface area contributed by atoms with Gasteiger partial charge in [-0.25, -0.2) is 4.98 Å². The van der Waals surface area contributed by atoms with Gasteiger partial charge in [-0.1, -0.05) is 0 Å². The molecule has 0 aliphatic heterocycles. The molecule has 0 atom stereocenters. The number of thiazole rings is 1. The van der Waals surface area contributed by atoms with Crippen LogP contribution in [0, 0.1) is 0 Å². The number of rotatable bonds is 6. The molecule has 1 aromatic rings. The van der Waals surface area contributed by atoms with Crippen molar-refractivity contribution in [1.82, 2.24) is 15.2 Å². The van der Waals surface area contributed by atoms with Crippen molar-refractivity contribution in [2.24, 2.45) is 0 Å². The van der Waals surface area contributed by atoms with Crippen molar-refractivity contribution in [1.29, 1.82) is 0 Å². The van der Waals surface area contributed by atoms with Crippen LogP contribution in [-0.4, -0.2) is 42.7 Å². The molecule has 1 heterocycles. The van der Waals surface area contributed by atoms with E-state index in [9.17, 15) is 13.2 Å². The van der Waals surface area contributed by atoms with Gasteiger partial charge in [0.1, 0.15) is 0 Å². The van der Waals surface area contributed by atoms with Gasteiger partial charge in [-0.15, -0.1) is 11.3 Å². The van der Waals surface area contributed by atoms with Gasteiger partial charge in [-0.3, -0.25) is 4.90 Å². The summed E-state index contributed by atoms with van der Waals surface area (Å²) in [5, 5.41) is 4.95. The zero-order chi connectivity index (χ0) is 12.0. The Morgan fingerprint density at radius 2 is 2.25 bits per heavy atom. The Labute approximate surface area is 96.3 Å². The van der Waals surface area contributed by atoms with E-state index < -0.39 is 12.7 Å². The lowest BCUT2D eigenvalue weighted by atomic mass is 10.4. The molecule has 1 aromatic heterocycles. The molecular weight excluding hydrogens is 239 g/mol. The van der Waals surface area contributed by atoms with Gasteiger partial charge in [-0.05, 0) is 7.05 Å². The summed E-state index contributed by atoms with van der Waals surface area (Å²) in [5.74, 6) is 0. The van der Waals surface area contributed by atoms with Crippen LogP contribution in [0.5, 0.6) is 0 Å². The van der Waals surface area contributed by atoms with Crippen LogP contribution in [0.3, 0.4) is 0 Å². The predicted molar refractivity (Wildman–Crippen MR) is 57.4 cm³/mol. The molecular formula is C9H14F3N3S. The van der Waals surface area contributed by atoms with E-state index in [1.54, 1.807) is 5.51 Å². The summed E-state index contributed by atoms with van der Waals surface area (Å²) in [6.45, 7) is 0.614. The van der Waals surface area contributed by atoms with Crippen LogP contribution in [0.1, 0.15) is 5.69 Å². The highest BCUT2D eigenvalue weighted by atomic mass is 32.1. The smallest absolute Gasteiger partial charge is 0.310 e. The molecule has 1 rings (SSSR count). The third kappa shape index (κ3) is 6.04. The lowest BCUT2D eigenvalue weighted by Gasteiger charge is -2.18. The Morgan fingerprint density at radius 3 is 2.81 bits per heavy atom. The summed E-state index contributed by atoms with van der Waals surface area (Å²) in [5.41, 5.74) is 2.65. The largest absolute Gasteiger partial charge is 0.401 e. The van der Waals surface area contributed by atoms with E-state index in [0.29, 0.717) is 19.6 Å².